The van der Waals surface area contributed by atoms with Crippen LogP contribution in [0.2, 0.25) is 0 Å². The van der Waals surface area contributed by atoms with E-state index in [1.165, 1.54) is 0 Å². The van der Waals surface area contributed by atoms with Crippen LogP contribution in [0.15, 0.2) is 60.7 Å². The van der Waals surface area contributed by atoms with Crippen LogP contribution in [0.4, 0.5) is 0 Å². The number of nitrogens with zero attached hydrogens (tertiary/aromatic N) is 2. The molecule has 0 radical (unpaired) electrons. The molecule has 0 amide bonds. The van der Waals surface area contributed by atoms with E-state index in [-0.39, 0.29) is 22.6 Å². The fraction of sp³-hybridized carbons (Fsp3) is 0. The summed E-state index contributed by atoms with van der Waals surface area (Å²) in [6.07, 6.45) is 0. The van der Waals surface area contributed by atoms with Crippen molar-refractivity contribution in [1.82, 2.24) is 0 Å². The monoisotopic (exact) mass is 336 g/mol. The van der Waals surface area contributed by atoms with E-state index in [0.717, 1.165) is 10.8 Å². The molecule has 0 aliphatic rings. The van der Waals surface area contributed by atoms with E-state index >= 15 is 0 Å². The van der Waals surface area contributed by atoms with Crippen LogP contribution in [0, 0.1) is 22.7 Å². The number of rotatable bonds is 1. The van der Waals surface area contributed by atoms with Crippen molar-refractivity contribution < 1.29 is 10.2 Å². The van der Waals surface area contributed by atoms with Crippen molar-refractivity contribution in [3.05, 3.63) is 71.8 Å². The number of phenolic OH excluding ortho intramolecular Hbond substituents is 2. The molecule has 4 rings (SSSR count). The number of hydrogen-bond acceptors (Lipinski definition) is 4. The van der Waals surface area contributed by atoms with Crippen LogP contribution < -0.4 is 0 Å². The van der Waals surface area contributed by atoms with Crippen LogP contribution in [0.1, 0.15) is 11.1 Å². The summed E-state index contributed by atoms with van der Waals surface area (Å²) in [7, 11) is 0. The lowest BCUT2D eigenvalue weighted by Gasteiger charge is -2.16. The lowest BCUT2D eigenvalue weighted by atomic mass is 9.88. The molecule has 0 bridgehead atoms. The Balaban J connectivity index is 2.29. The molecule has 0 saturated heterocycles. The molecule has 0 spiro atoms. The Morgan fingerprint density at radius 1 is 0.615 bits per heavy atom. The van der Waals surface area contributed by atoms with E-state index in [1.807, 2.05) is 36.4 Å². The van der Waals surface area contributed by atoms with Crippen LogP contribution in [-0.2, 0) is 0 Å². The van der Waals surface area contributed by atoms with E-state index < -0.39 is 0 Å². The molecule has 0 aliphatic carbocycles. The quantitative estimate of drug-likeness (QED) is 0.522. The summed E-state index contributed by atoms with van der Waals surface area (Å²) >= 11 is 0. The molecule has 2 N–H and O–H groups in total. The van der Waals surface area contributed by atoms with E-state index in [4.69, 9.17) is 0 Å². The number of phenols is 2. The third-order valence-corrected chi connectivity index (χ3v) is 4.57. The molecule has 4 aromatic rings. The summed E-state index contributed by atoms with van der Waals surface area (Å²) < 4.78 is 0. The average Bonchev–Trinajstić information content (AvgIpc) is 2.68. The maximum Gasteiger partial charge on any atom is 0.143 e. The van der Waals surface area contributed by atoms with Gasteiger partial charge in [-0.1, -0.05) is 54.6 Å². The maximum absolute atomic E-state index is 10.9. The molecule has 4 nitrogen and oxygen atoms in total. The molecule has 26 heavy (non-hydrogen) atoms. The van der Waals surface area contributed by atoms with E-state index in [9.17, 15) is 20.7 Å². The van der Waals surface area contributed by atoms with Crippen molar-refractivity contribution in [1.29, 1.82) is 10.5 Å². The summed E-state index contributed by atoms with van der Waals surface area (Å²) in [4.78, 5) is 0. The van der Waals surface area contributed by atoms with E-state index in [0.29, 0.717) is 21.9 Å². The second kappa shape index (κ2) is 5.81. The lowest BCUT2D eigenvalue weighted by molar-refractivity contribution is 0.469. The Morgan fingerprint density at radius 3 is 1.92 bits per heavy atom. The molecule has 0 saturated carbocycles. The second-order valence-corrected chi connectivity index (χ2v) is 5.92. The van der Waals surface area contributed by atoms with Gasteiger partial charge in [-0.3, -0.25) is 0 Å². The first-order valence-electron chi connectivity index (χ1n) is 7.96. The highest BCUT2D eigenvalue weighted by Crippen LogP contribution is 2.47. The SMILES string of the molecule is N#Cc1c(O)c(-c2c(O)ccc3ccccc23)c2ccccc2c1C#N. The minimum absolute atomic E-state index is 0.00208. The van der Waals surface area contributed by atoms with Crippen molar-refractivity contribution in [3.8, 4) is 34.8 Å². The highest BCUT2D eigenvalue weighted by molar-refractivity contribution is 6.11. The van der Waals surface area contributed by atoms with Crippen molar-refractivity contribution in [3.63, 3.8) is 0 Å². The zero-order valence-corrected chi connectivity index (χ0v) is 13.6. The molecule has 0 aromatic heterocycles. The Kier molecular flexibility index (Phi) is 3.46. The van der Waals surface area contributed by atoms with Crippen molar-refractivity contribution in [2.45, 2.75) is 0 Å². The molecular weight excluding hydrogens is 324 g/mol. The normalized spacial score (nSPS) is 10.5. The van der Waals surface area contributed by atoms with Gasteiger partial charge in [0.05, 0.1) is 5.56 Å². The van der Waals surface area contributed by atoms with Crippen LogP contribution in [-0.4, -0.2) is 10.2 Å². The predicted octanol–water partition coefficient (Wildman–Crippen LogP) is 4.81. The summed E-state index contributed by atoms with van der Waals surface area (Å²) in [6.45, 7) is 0. The first-order valence-corrected chi connectivity index (χ1v) is 7.96. The summed E-state index contributed by atoms with van der Waals surface area (Å²) in [5, 5.41) is 43.3. The van der Waals surface area contributed by atoms with Gasteiger partial charge in [0, 0.05) is 16.5 Å². The summed E-state index contributed by atoms with van der Waals surface area (Å²) in [6, 6.07) is 21.9. The Labute approximate surface area is 149 Å². The summed E-state index contributed by atoms with van der Waals surface area (Å²) in [5.41, 5.74) is 0.834. The van der Waals surface area contributed by atoms with Crippen molar-refractivity contribution in [2.24, 2.45) is 0 Å². The molecule has 0 heterocycles. The van der Waals surface area contributed by atoms with Gasteiger partial charge in [-0.2, -0.15) is 10.5 Å². The van der Waals surface area contributed by atoms with Crippen LogP contribution in [0.25, 0.3) is 32.7 Å². The first kappa shape index (κ1) is 15.5. The number of hydrogen-bond donors (Lipinski definition) is 2. The molecule has 0 atom stereocenters. The van der Waals surface area contributed by atoms with Crippen molar-refractivity contribution >= 4 is 21.5 Å². The maximum atomic E-state index is 10.9. The smallest absolute Gasteiger partial charge is 0.143 e. The number of benzene rings is 4. The third-order valence-electron chi connectivity index (χ3n) is 4.57. The molecule has 0 fully saturated rings. The van der Waals surface area contributed by atoms with Gasteiger partial charge in [-0.05, 0) is 22.2 Å². The fourth-order valence-electron chi connectivity index (χ4n) is 3.43. The topological polar surface area (TPSA) is 88.0 Å². The average molecular weight is 336 g/mol. The standard InChI is InChI=1S/C22H12N2O2/c23-11-17-15-7-3-4-8-16(15)21(22(26)18(17)12-24)20-14-6-2-1-5-13(14)9-10-19(20)25/h1-10,25-26H. The lowest BCUT2D eigenvalue weighted by Crippen LogP contribution is -1.94. The number of nitriles is 2. The highest BCUT2D eigenvalue weighted by Gasteiger charge is 2.23. The first-order chi connectivity index (χ1) is 12.7. The van der Waals surface area contributed by atoms with E-state index in [1.54, 1.807) is 36.4 Å². The number of aromatic hydroxyl groups is 2. The Bertz CT molecular complexity index is 1280. The van der Waals surface area contributed by atoms with Crippen LogP contribution in [0.3, 0.4) is 0 Å². The van der Waals surface area contributed by atoms with Gasteiger partial charge in [-0.25, -0.2) is 0 Å². The Morgan fingerprint density at radius 2 is 1.23 bits per heavy atom. The number of fused-ring (bicyclic) bond motifs is 2. The van der Waals surface area contributed by atoms with Gasteiger partial charge >= 0.3 is 0 Å². The fourth-order valence-corrected chi connectivity index (χ4v) is 3.43. The zero-order chi connectivity index (χ0) is 18.3. The minimum atomic E-state index is -0.297. The van der Waals surface area contributed by atoms with Crippen LogP contribution in [0.5, 0.6) is 11.5 Å². The zero-order valence-electron chi connectivity index (χ0n) is 13.6. The molecule has 122 valence electrons. The second-order valence-electron chi connectivity index (χ2n) is 5.92. The van der Waals surface area contributed by atoms with E-state index in [2.05, 4.69) is 0 Å². The Hall–Kier alpha value is -4.02. The highest BCUT2D eigenvalue weighted by atomic mass is 16.3. The molecule has 4 aromatic carbocycles. The molecule has 4 heteroatoms. The largest absolute Gasteiger partial charge is 0.507 e. The van der Waals surface area contributed by atoms with Gasteiger partial charge in [0.1, 0.15) is 29.2 Å². The van der Waals surface area contributed by atoms with Crippen LogP contribution >= 0.6 is 0 Å². The summed E-state index contributed by atoms with van der Waals surface area (Å²) in [5.74, 6) is -0.299. The minimum Gasteiger partial charge on any atom is -0.507 e. The molecular formula is C22H12N2O2. The molecule has 0 aliphatic heterocycles. The van der Waals surface area contributed by atoms with Crippen molar-refractivity contribution in [2.75, 3.05) is 0 Å². The van der Waals surface area contributed by atoms with Gasteiger partial charge in [0.25, 0.3) is 0 Å². The van der Waals surface area contributed by atoms with Gasteiger partial charge in [-0.15, -0.1) is 0 Å². The third kappa shape index (κ3) is 2.07. The van der Waals surface area contributed by atoms with Gasteiger partial charge in [0.2, 0.25) is 0 Å². The predicted molar refractivity (Wildman–Crippen MR) is 99.6 cm³/mol. The van der Waals surface area contributed by atoms with Gasteiger partial charge < -0.3 is 10.2 Å². The van der Waals surface area contributed by atoms with Gasteiger partial charge in [0.15, 0.2) is 0 Å². The molecule has 0 unspecified atom stereocenters.